The Labute approximate surface area is 141 Å². The van der Waals surface area contributed by atoms with Gasteiger partial charge in [0.25, 0.3) is 5.91 Å². The molecular weight excluding hydrogens is 304 g/mol. The Morgan fingerprint density at radius 3 is 2.71 bits per heavy atom. The highest BCUT2D eigenvalue weighted by Gasteiger charge is 2.23. The van der Waals surface area contributed by atoms with Crippen molar-refractivity contribution in [1.82, 2.24) is 24.8 Å². The molecule has 7 nitrogen and oxygen atoms in total. The summed E-state index contributed by atoms with van der Waals surface area (Å²) in [5.41, 5.74) is 2.49. The molecule has 0 N–H and O–H groups in total. The lowest BCUT2D eigenvalue weighted by molar-refractivity contribution is 0.0821. The summed E-state index contributed by atoms with van der Waals surface area (Å²) in [5, 5.41) is 0. The number of amides is 1. The second-order valence-electron chi connectivity index (χ2n) is 6.67. The van der Waals surface area contributed by atoms with E-state index in [1.807, 2.05) is 6.20 Å². The van der Waals surface area contributed by atoms with Crippen LogP contribution in [0.2, 0.25) is 0 Å². The quantitative estimate of drug-likeness (QED) is 0.851. The second kappa shape index (κ2) is 6.51. The van der Waals surface area contributed by atoms with Crippen LogP contribution in [0.4, 0.5) is 5.82 Å². The van der Waals surface area contributed by atoms with Crippen LogP contribution in [0.5, 0.6) is 0 Å². The summed E-state index contributed by atoms with van der Waals surface area (Å²) < 4.78 is 0. The van der Waals surface area contributed by atoms with Crippen LogP contribution in [-0.4, -0.2) is 44.8 Å². The molecule has 1 amide bonds. The minimum Gasteiger partial charge on any atom is -0.345 e. The van der Waals surface area contributed by atoms with Gasteiger partial charge in [-0.15, -0.1) is 0 Å². The molecule has 0 spiro atoms. The Morgan fingerprint density at radius 1 is 1.21 bits per heavy atom. The molecule has 2 aromatic rings. The van der Waals surface area contributed by atoms with Gasteiger partial charge in [-0.1, -0.05) is 13.8 Å². The molecule has 0 aliphatic carbocycles. The molecule has 0 bridgehead atoms. The number of anilines is 1. The van der Waals surface area contributed by atoms with Gasteiger partial charge in [0.15, 0.2) is 0 Å². The van der Waals surface area contributed by atoms with E-state index in [0.29, 0.717) is 30.5 Å². The number of carbonyl (C=O) groups is 1. The van der Waals surface area contributed by atoms with Gasteiger partial charge < -0.3 is 9.80 Å². The van der Waals surface area contributed by atoms with Crippen LogP contribution in [0.25, 0.3) is 0 Å². The molecule has 3 heterocycles. The smallest absolute Gasteiger partial charge is 0.273 e. The van der Waals surface area contributed by atoms with Crippen LogP contribution < -0.4 is 4.90 Å². The van der Waals surface area contributed by atoms with Crippen molar-refractivity contribution < 1.29 is 4.79 Å². The predicted molar refractivity (Wildman–Crippen MR) is 90.5 cm³/mol. The lowest BCUT2D eigenvalue weighted by Crippen LogP contribution is -2.24. The Kier molecular flexibility index (Phi) is 4.42. The Morgan fingerprint density at radius 2 is 2.00 bits per heavy atom. The fourth-order valence-corrected chi connectivity index (χ4v) is 2.66. The number of hydrogen-bond donors (Lipinski definition) is 0. The number of rotatable bonds is 4. The van der Waals surface area contributed by atoms with Crippen molar-refractivity contribution in [2.45, 2.75) is 33.4 Å². The van der Waals surface area contributed by atoms with E-state index in [9.17, 15) is 4.79 Å². The Bertz CT molecular complexity index is 758. The van der Waals surface area contributed by atoms with Crippen LogP contribution in [0.1, 0.15) is 41.4 Å². The standard InChI is InChI=1S/C17H22N6O/c1-11(2)5-15-19-6-12-9-23(10-14(12)20-15)16-8-18-7-13(21-16)17(24)22(3)4/h6-8,11H,5,9-10H2,1-4H3. The minimum atomic E-state index is -0.153. The van der Waals surface area contributed by atoms with Crippen molar-refractivity contribution in [1.29, 1.82) is 0 Å². The van der Waals surface area contributed by atoms with E-state index in [1.165, 1.54) is 11.1 Å². The van der Waals surface area contributed by atoms with Crippen molar-refractivity contribution in [2.24, 2.45) is 5.92 Å². The molecule has 126 valence electrons. The van der Waals surface area contributed by atoms with E-state index in [-0.39, 0.29) is 5.91 Å². The highest BCUT2D eigenvalue weighted by Crippen LogP contribution is 2.25. The highest BCUT2D eigenvalue weighted by molar-refractivity contribution is 5.91. The van der Waals surface area contributed by atoms with E-state index >= 15 is 0 Å². The van der Waals surface area contributed by atoms with E-state index in [2.05, 4.69) is 38.7 Å². The maximum absolute atomic E-state index is 12.1. The average molecular weight is 326 g/mol. The molecule has 0 unspecified atom stereocenters. The Balaban J connectivity index is 1.80. The summed E-state index contributed by atoms with van der Waals surface area (Å²) in [4.78, 5) is 33.4. The van der Waals surface area contributed by atoms with Gasteiger partial charge in [-0.25, -0.2) is 15.0 Å². The third-order valence-corrected chi connectivity index (χ3v) is 3.87. The van der Waals surface area contributed by atoms with E-state index in [4.69, 9.17) is 0 Å². The molecule has 24 heavy (non-hydrogen) atoms. The first-order chi connectivity index (χ1) is 11.4. The van der Waals surface area contributed by atoms with Gasteiger partial charge in [-0.05, 0) is 5.92 Å². The van der Waals surface area contributed by atoms with Gasteiger partial charge in [0.2, 0.25) is 0 Å². The first kappa shape index (κ1) is 16.3. The summed E-state index contributed by atoms with van der Waals surface area (Å²) in [6.07, 6.45) is 5.96. The minimum absolute atomic E-state index is 0.153. The van der Waals surface area contributed by atoms with Crippen molar-refractivity contribution in [3.8, 4) is 0 Å². The third-order valence-electron chi connectivity index (χ3n) is 3.87. The van der Waals surface area contributed by atoms with Gasteiger partial charge in [0.05, 0.1) is 24.6 Å². The zero-order valence-electron chi connectivity index (χ0n) is 14.5. The summed E-state index contributed by atoms with van der Waals surface area (Å²) in [5.74, 6) is 1.94. The zero-order chi connectivity index (χ0) is 17.3. The molecule has 0 atom stereocenters. The first-order valence-electron chi connectivity index (χ1n) is 8.06. The molecular formula is C17H22N6O. The SMILES string of the molecule is CC(C)Cc1ncc2c(n1)CN(c1cncc(C(=O)N(C)C)n1)C2. The van der Waals surface area contributed by atoms with Crippen LogP contribution >= 0.6 is 0 Å². The maximum atomic E-state index is 12.1. The summed E-state index contributed by atoms with van der Waals surface area (Å²) in [7, 11) is 3.41. The molecule has 0 aromatic carbocycles. The van der Waals surface area contributed by atoms with Crippen LogP contribution in [-0.2, 0) is 19.5 Å². The number of carbonyl (C=O) groups excluding carboxylic acids is 1. The lowest BCUT2D eigenvalue weighted by atomic mass is 10.1. The predicted octanol–water partition coefficient (Wildman–Crippen LogP) is 1.69. The number of aromatic nitrogens is 4. The largest absolute Gasteiger partial charge is 0.345 e. The number of fused-ring (bicyclic) bond motifs is 1. The molecule has 7 heteroatoms. The van der Waals surface area contributed by atoms with Crippen LogP contribution in [0.15, 0.2) is 18.6 Å². The molecule has 0 fully saturated rings. The second-order valence-corrected chi connectivity index (χ2v) is 6.67. The van der Waals surface area contributed by atoms with Crippen molar-refractivity contribution >= 4 is 11.7 Å². The summed E-state index contributed by atoms with van der Waals surface area (Å²) >= 11 is 0. The van der Waals surface area contributed by atoms with Crippen molar-refractivity contribution in [2.75, 3.05) is 19.0 Å². The van der Waals surface area contributed by atoms with Crippen molar-refractivity contribution in [3.63, 3.8) is 0 Å². The van der Waals surface area contributed by atoms with E-state index in [1.54, 1.807) is 20.3 Å². The number of nitrogens with zero attached hydrogens (tertiary/aromatic N) is 6. The van der Waals surface area contributed by atoms with Gasteiger partial charge >= 0.3 is 0 Å². The molecule has 0 saturated carbocycles. The highest BCUT2D eigenvalue weighted by atomic mass is 16.2. The maximum Gasteiger partial charge on any atom is 0.273 e. The average Bonchev–Trinajstić information content (AvgIpc) is 2.97. The fourth-order valence-electron chi connectivity index (χ4n) is 2.66. The topological polar surface area (TPSA) is 75.1 Å². The molecule has 1 aliphatic rings. The summed E-state index contributed by atoms with van der Waals surface area (Å²) in [6.45, 7) is 5.67. The van der Waals surface area contributed by atoms with Gasteiger partial charge in [0.1, 0.15) is 17.3 Å². The molecule has 0 saturated heterocycles. The first-order valence-corrected chi connectivity index (χ1v) is 8.06. The van der Waals surface area contributed by atoms with E-state index in [0.717, 1.165) is 23.5 Å². The molecule has 2 aromatic heterocycles. The summed E-state index contributed by atoms with van der Waals surface area (Å²) in [6, 6.07) is 0. The fraction of sp³-hybridized carbons (Fsp3) is 0.471. The third kappa shape index (κ3) is 3.34. The lowest BCUT2D eigenvalue weighted by Gasteiger charge is -2.17. The monoisotopic (exact) mass is 326 g/mol. The van der Waals surface area contributed by atoms with Gasteiger partial charge in [-0.2, -0.15) is 0 Å². The van der Waals surface area contributed by atoms with Gasteiger partial charge in [0, 0.05) is 38.8 Å². The normalized spacial score (nSPS) is 13.3. The van der Waals surface area contributed by atoms with Crippen LogP contribution in [0.3, 0.4) is 0 Å². The van der Waals surface area contributed by atoms with Crippen LogP contribution in [0, 0.1) is 5.92 Å². The Hall–Kier alpha value is -2.57. The van der Waals surface area contributed by atoms with Gasteiger partial charge in [-0.3, -0.25) is 9.78 Å². The molecule has 3 rings (SSSR count). The van der Waals surface area contributed by atoms with E-state index < -0.39 is 0 Å². The number of hydrogen-bond acceptors (Lipinski definition) is 6. The molecule has 0 radical (unpaired) electrons. The molecule has 1 aliphatic heterocycles. The zero-order valence-corrected chi connectivity index (χ0v) is 14.5. The van der Waals surface area contributed by atoms with Crippen molar-refractivity contribution in [3.05, 3.63) is 41.4 Å².